The fraction of sp³-hybridized carbons (Fsp3) is 0.250. The van der Waals surface area contributed by atoms with Crippen molar-refractivity contribution in [1.82, 2.24) is 0 Å². The van der Waals surface area contributed by atoms with E-state index in [0.29, 0.717) is 22.4 Å². The number of ether oxygens (including phenoxy) is 2. The van der Waals surface area contributed by atoms with E-state index in [1.807, 2.05) is 0 Å². The first-order valence-corrected chi connectivity index (χ1v) is 6.28. The fourth-order valence-corrected chi connectivity index (χ4v) is 1.99. The minimum Gasteiger partial charge on any atom is -0.488 e. The van der Waals surface area contributed by atoms with E-state index in [1.165, 1.54) is 7.11 Å². The van der Waals surface area contributed by atoms with Crippen LogP contribution in [0.3, 0.4) is 0 Å². The van der Waals surface area contributed by atoms with Gasteiger partial charge < -0.3 is 15.2 Å². The van der Waals surface area contributed by atoms with Crippen molar-refractivity contribution < 1.29 is 14.3 Å². The first-order valence-electron chi connectivity index (χ1n) is 5.05. The average molecular weight is 335 g/mol. The summed E-state index contributed by atoms with van der Waals surface area (Å²) >= 11 is 9.28. The Labute approximate surface area is 119 Å². The van der Waals surface area contributed by atoms with E-state index in [-0.39, 0.29) is 5.56 Å². The monoisotopic (exact) mass is 333 g/mol. The molecule has 1 aromatic rings. The summed E-state index contributed by atoms with van der Waals surface area (Å²) in [4.78, 5) is 11.3. The van der Waals surface area contributed by atoms with E-state index in [2.05, 4.69) is 22.5 Å². The van der Waals surface area contributed by atoms with Gasteiger partial charge in [0.1, 0.15) is 12.4 Å². The zero-order valence-corrected chi connectivity index (χ0v) is 12.1. The minimum absolute atomic E-state index is 0.287. The van der Waals surface area contributed by atoms with Gasteiger partial charge in [0.2, 0.25) is 5.91 Å². The normalized spacial score (nSPS) is 11.9. The Kier molecular flexibility index (Phi) is 5.65. The first-order chi connectivity index (χ1) is 8.51. The number of benzene rings is 1. The van der Waals surface area contributed by atoms with Crippen LogP contribution in [0.25, 0.3) is 0 Å². The highest BCUT2D eigenvalue weighted by Gasteiger charge is 2.19. The Hall–Kier alpha value is -1.04. The van der Waals surface area contributed by atoms with Gasteiger partial charge in [0.05, 0.1) is 4.47 Å². The predicted octanol–water partition coefficient (Wildman–Crippen LogP) is 3.00. The Bertz CT molecular complexity index is 465. The summed E-state index contributed by atoms with van der Waals surface area (Å²) < 4.78 is 11.0. The van der Waals surface area contributed by atoms with E-state index in [9.17, 15) is 4.79 Å². The van der Waals surface area contributed by atoms with Gasteiger partial charge in [-0.3, -0.25) is 4.79 Å². The summed E-state index contributed by atoms with van der Waals surface area (Å²) in [6.45, 7) is 3.90. The van der Waals surface area contributed by atoms with Crippen LogP contribution in [-0.2, 0) is 4.74 Å². The zero-order chi connectivity index (χ0) is 13.7. The number of carbonyl (C=O) groups excluding carboxylic acids is 1. The largest absolute Gasteiger partial charge is 0.488 e. The van der Waals surface area contributed by atoms with Crippen molar-refractivity contribution in [2.24, 2.45) is 5.73 Å². The summed E-state index contributed by atoms with van der Waals surface area (Å²) in [6.07, 6.45) is 1.61. The highest BCUT2D eigenvalue weighted by molar-refractivity contribution is 9.10. The lowest BCUT2D eigenvalue weighted by Gasteiger charge is -2.15. The molecule has 0 fully saturated rings. The molecule has 6 heteroatoms. The summed E-state index contributed by atoms with van der Waals surface area (Å²) in [6, 6.07) is 3.18. The van der Waals surface area contributed by atoms with Gasteiger partial charge >= 0.3 is 0 Å². The number of hydrogen-bond acceptors (Lipinski definition) is 3. The van der Waals surface area contributed by atoms with Crippen LogP contribution in [-0.4, -0.2) is 19.6 Å². The average Bonchev–Trinajstić information content (AvgIpc) is 2.35. The molecule has 1 aromatic carbocycles. The smallest absolute Gasteiger partial charge is 0.249 e. The Balaban J connectivity index is 3.25. The number of rotatable bonds is 6. The molecule has 1 unspecified atom stereocenters. The van der Waals surface area contributed by atoms with Crippen molar-refractivity contribution in [3.05, 3.63) is 40.4 Å². The number of carbonyl (C=O) groups is 1. The molecule has 4 nitrogen and oxygen atoms in total. The highest BCUT2D eigenvalue weighted by atomic mass is 79.9. The standard InChI is InChI=1S/C12H13BrClNO3/c1-3-4-18-10-6-7(11(14)17-2)8(12(15)16)5-9(10)13/h3,5-6,11H,1,4H2,2H3,(H2,15,16). The van der Waals surface area contributed by atoms with Crippen molar-refractivity contribution in [3.8, 4) is 5.75 Å². The third-order valence-electron chi connectivity index (χ3n) is 2.18. The Morgan fingerprint density at radius 2 is 2.33 bits per heavy atom. The topological polar surface area (TPSA) is 61.6 Å². The van der Waals surface area contributed by atoms with Gasteiger partial charge in [-0.05, 0) is 28.1 Å². The van der Waals surface area contributed by atoms with Gasteiger partial charge in [-0.2, -0.15) is 0 Å². The van der Waals surface area contributed by atoms with E-state index in [4.69, 9.17) is 26.8 Å². The molecule has 1 amide bonds. The van der Waals surface area contributed by atoms with Crippen LogP contribution in [0.1, 0.15) is 21.5 Å². The van der Waals surface area contributed by atoms with Crippen LogP contribution in [0.15, 0.2) is 29.3 Å². The van der Waals surface area contributed by atoms with Crippen molar-refractivity contribution in [2.45, 2.75) is 5.56 Å². The first kappa shape index (κ1) is 15.0. The number of primary amides is 1. The minimum atomic E-state index is -0.772. The second-order valence-corrected chi connectivity index (χ2v) is 4.64. The molecule has 0 aliphatic heterocycles. The number of hydrogen-bond donors (Lipinski definition) is 1. The quantitative estimate of drug-likeness (QED) is 0.642. The molecule has 18 heavy (non-hydrogen) atoms. The molecule has 2 N–H and O–H groups in total. The molecular formula is C12H13BrClNO3. The lowest BCUT2D eigenvalue weighted by atomic mass is 10.1. The molecule has 0 bridgehead atoms. The second kappa shape index (κ2) is 6.78. The van der Waals surface area contributed by atoms with Crippen molar-refractivity contribution in [2.75, 3.05) is 13.7 Å². The highest BCUT2D eigenvalue weighted by Crippen LogP contribution is 2.34. The SMILES string of the molecule is C=CCOc1cc(C(Cl)OC)c(C(N)=O)cc1Br. The molecule has 98 valence electrons. The molecule has 0 spiro atoms. The van der Waals surface area contributed by atoms with Gasteiger partial charge in [-0.15, -0.1) is 0 Å². The molecule has 0 heterocycles. The lowest BCUT2D eigenvalue weighted by Crippen LogP contribution is -2.15. The maximum Gasteiger partial charge on any atom is 0.249 e. The van der Waals surface area contributed by atoms with Crippen molar-refractivity contribution in [3.63, 3.8) is 0 Å². The lowest BCUT2D eigenvalue weighted by molar-refractivity contribution is 0.0994. The second-order valence-electron chi connectivity index (χ2n) is 3.39. The van der Waals surface area contributed by atoms with Crippen LogP contribution >= 0.6 is 27.5 Å². The molecule has 0 radical (unpaired) electrons. The van der Waals surface area contributed by atoms with E-state index in [0.717, 1.165) is 0 Å². The maximum atomic E-state index is 11.3. The van der Waals surface area contributed by atoms with E-state index < -0.39 is 11.5 Å². The van der Waals surface area contributed by atoms with Gasteiger partial charge in [0.25, 0.3) is 0 Å². The Morgan fingerprint density at radius 1 is 1.67 bits per heavy atom. The predicted molar refractivity (Wildman–Crippen MR) is 74.0 cm³/mol. The van der Waals surface area contributed by atoms with Crippen molar-refractivity contribution >= 4 is 33.4 Å². The van der Waals surface area contributed by atoms with Gasteiger partial charge in [-0.1, -0.05) is 24.3 Å². The molecule has 0 aliphatic rings. The third kappa shape index (κ3) is 3.48. The summed E-state index contributed by atoms with van der Waals surface area (Å²) in [7, 11) is 1.44. The summed E-state index contributed by atoms with van der Waals surface area (Å²) in [5.41, 5.74) is 5.28. The van der Waals surface area contributed by atoms with E-state index >= 15 is 0 Å². The molecule has 0 aromatic heterocycles. The summed E-state index contributed by atoms with van der Waals surface area (Å²) in [5.74, 6) is -0.0405. The number of nitrogens with two attached hydrogens (primary N) is 1. The Morgan fingerprint density at radius 3 is 2.83 bits per heavy atom. The molecule has 0 aliphatic carbocycles. The number of methoxy groups -OCH3 is 1. The molecular weight excluding hydrogens is 321 g/mol. The van der Waals surface area contributed by atoms with Gasteiger partial charge in [0.15, 0.2) is 5.56 Å². The van der Waals surface area contributed by atoms with Gasteiger partial charge in [0, 0.05) is 18.2 Å². The van der Waals surface area contributed by atoms with Crippen LogP contribution in [0.2, 0.25) is 0 Å². The third-order valence-corrected chi connectivity index (χ3v) is 3.21. The van der Waals surface area contributed by atoms with Crippen LogP contribution in [0, 0.1) is 0 Å². The molecule has 0 saturated heterocycles. The summed E-state index contributed by atoms with van der Waals surface area (Å²) in [5, 5.41) is 0. The van der Waals surface area contributed by atoms with Crippen LogP contribution < -0.4 is 10.5 Å². The van der Waals surface area contributed by atoms with Crippen LogP contribution in [0.4, 0.5) is 0 Å². The number of halogens is 2. The molecule has 1 atom stereocenters. The van der Waals surface area contributed by atoms with E-state index in [1.54, 1.807) is 18.2 Å². The fourth-order valence-electron chi connectivity index (χ4n) is 1.36. The van der Waals surface area contributed by atoms with Gasteiger partial charge in [-0.25, -0.2) is 0 Å². The molecule has 1 rings (SSSR count). The number of alkyl halides is 1. The zero-order valence-electron chi connectivity index (χ0n) is 9.78. The molecule has 0 saturated carbocycles. The number of amides is 1. The maximum absolute atomic E-state index is 11.3. The van der Waals surface area contributed by atoms with Crippen molar-refractivity contribution in [1.29, 1.82) is 0 Å². The van der Waals surface area contributed by atoms with Crippen LogP contribution in [0.5, 0.6) is 5.75 Å².